The Morgan fingerprint density at radius 3 is 2.71 bits per heavy atom. The Bertz CT molecular complexity index is 430. The van der Waals surface area contributed by atoms with Crippen molar-refractivity contribution in [2.24, 2.45) is 5.92 Å². The minimum Gasteiger partial charge on any atom is -0.497 e. The Hall–Kier alpha value is -1.26. The SMILES string of the molecule is COc1ccc(CC(=O)NC(C)C2CCCNC2)cc1.Cl. The molecule has 1 fully saturated rings. The second kappa shape index (κ2) is 8.90. The molecule has 4 nitrogen and oxygen atoms in total. The summed E-state index contributed by atoms with van der Waals surface area (Å²) < 4.78 is 5.11. The van der Waals surface area contributed by atoms with E-state index in [0.717, 1.165) is 24.4 Å². The molecular formula is C16H25ClN2O2. The molecule has 0 saturated carbocycles. The molecule has 1 heterocycles. The number of benzene rings is 1. The van der Waals surface area contributed by atoms with E-state index in [-0.39, 0.29) is 24.4 Å². The number of methoxy groups -OCH3 is 1. The summed E-state index contributed by atoms with van der Waals surface area (Å²) in [6.07, 6.45) is 2.81. The van der Waals surface area contributed by atoms with Gasteiger partial charge in [0.1, 0.15) is 5.75 Å². The number of ether oxygens (including phenoxy) is 1. The minimum absolute atomic E-state index is 0. The first-order valence-corrected chi connectivity index (χ1v) is 7.32. The van der Waals surface area contributed by atoms with E-state index in [0.29, 0.717) is 12.3 Å². The first-order valence-electron chi connectivity index (χ1n) is 7.32. The third kappa shape index (κ3) is 5.56. The smallest absolute Gasteiger partial charge is 0.224 e. The van der Waals surface area contributed by atoms with Crippen LogP contribution in [0.3, 0.4) is 0 Å². The van der Waals surface area contributed by atoms with Gasteiger partial charge in [-0.3, -0.25) is 4.79 Å². The van der Waals surface area contributed by atoms with Gasteiger partial charge >= 0.3 is 0 Å². The molecule has 5 heteroatoms. The topological polar surface area (TPSA) is 50.4 Å². The molecule has 1 aliphatic heterocycles. The van der Waals surface area contributed by atoms with Crippen LogP contribution in [0.2, 0.25) is 0 Å². The molecule has 1 amide bonds. The number of hydrogen-bond acceptors (Lipinski definition) is 3. The van der Waals surface area contributed by atoms with Crippen LogP contribution in [0.5, 0.6) is 5.75 Å². The quantitative estimate of drug-likeness (QED) is 0.876. The van der Waals surface area contributed by atoms with Crippen molar-refractivity contribution in [3.63, 3.8) is 0 Å². The van der Waals surface area contributed by atoms with Crippen LogP contribution in [0.1, 0.15) is 25.3 Å². The first kappa shape index (κ1) is 17.8. The second-order valence-electron chi connectivity index (χ2n) is 5.49. The lowest BCUT2D eigenvalue weighted by Crippen LogP contribution is -2.45. The molecule has 21 heavy (non-hydrogen) atoms. The standard InChI is InChI=1S/C16H24N2O2.ClH/c1-12(14-4-3-9-17-11-14)18-16(19)10-13-5-7-15(20-2)8-6-13;/h5-8,12,14,17H,3-4,9-11H2,1-2H3,(H,18,19);1H. The average molecular weight is 313 g/mol. The van der Waals surface area contributed by atoms with Crippen molar-refractivity contribution < 1.29 is 9.53 Å². The number of nitrogens with one attached hydrogen (secondary N) is 2. The molecule has 2 atom stereocenters. The van der Waals surface area contributed by atoms with E-state index in [1.165, 1.54) is 12.8 Å². The summed E-state index contributed by atoms with van der Waals surface area (Å²) in [7, 11) is 1.64. The molecule has 2 rings (SSSR count). The maximum absolute atomic E-state index is 12.1. The predicted molar refractivity (Wildman–Crippen MR) is 87.1 cm³/mol. The van der Waals surface area contributed by atoms with Gasteiger partial charge in [0.15, 0.2) is 0 Å². The highest BCUT2D eigenvalue weighted by atomic mass is 35.5. The van der Waals surface area contributed by atoms with Gasteiger partial charge in [0.05, 0.1) is 13.5 Å². The predicted octanol–water partition coefficient (Wildman–Crippen LogP) is 2.16. The number of carbonyl (C=O) groups excluding carboxylic acids is 1. The third-order valence-electron chi connectivity index (χ3n) is 3.95. The second-order valence-corrected chi connectivity index (χ2v) is 5.49. The van der Waals surface area contributed by atoms with Crippen molar-refractivity contribution in [3.05, 3.63) is 29.8 Å². The van der Waals surface area contributed by atoms with Gasteiger partial charge in [-0.1, -0.05) is 12.1 Å². The van der Waals surface area contributed by atoms with E-state index in [4.69, 9.17) is 4.74 Å². The molecule has 1 saturated heterocycles. The zero-order valence-electron chi connectivity index (χ0n) is 12.7. The van der Waals surface area contributed by atoms with E-state index < -0.39 is 0 Å². The Morgan fingerprint density at radius 2 is 2.14 bits per heavy atom. The van der Waals surface area contributed by atoms with Crippen molar-refractivity contribution in [2.75, 3.05) is 20.2 Å². The lowest BCUT2D eigenvalue weighted by Gasteiger charge is -2.29. The molecule has 2 N–H and O–H groups in total. The molecule has 0 spiro atoms. The Morgan fingerprint density at radius 1 is 1.43 bits per heavy atom. The zero-order valence-corrected chi connectivity index (χ0v) is 13.5. The van der Waals surface area contributed by atoms with Gasteiger partial charge in [-0.2, -0.15) is 0 Å². The van der Waals surface area contributed by atoms with Gasteiger partial charge in [0.2, 0.25) is 5.91 Å². The maximum Gasteiger partial charge on any atom is 0.224 e. The molecule has 1 aliphatic rings. The lowest BCUT2D eigenvalue weighted by atomic mass is 9.92. The summed E-state index contributed by atoms with van der Waals surface area (Å²) in [5.74, 6) is 1.45. The number of rotatable bonds is 5. The van der Waals surface area contributed by atoms with Gasteiger partial charge < -0.3 is 15.4 Å². The Labute approximate surface area is 133 Å². The van der Waals surface area contributed by atoms with Crippen molar-refractivity contribution in [1.29, 1.82) is 0 Å². The number of carbonyl (C=O) groups is 1. The van der Waals surface area contributed by atoms with E-state index in [2.05, 4.69) is 17.6 Å². The number of hydrogen-bond donors (Lipinski definition) is 2. The van der Waals surface area contributed by atoms with E-state index in [9.17, 15) is 4.79 Å². The van der Waals surface area contributed by atoms with Crippen LogP contribution in [0.25, 0.3) is 0 Å². The Kier molecular flexibility index (Phi) is 7.54. The summed E-state index contributed by atoms with van der Waals surface area (Å²) in [4.78, 5) is 12.1. The van der Waals surface area contributed by atoms with Crippen LogP contribution in [-0.2, 0) is 11.2 Å². The van der Waals surface area contributed by atoms with Crippen molar-refractivity contribution in [1.82, 2.24) is 10.6 Å². The summed E-state index contributed by atoms with van der Waals surface area (Å²) in [5, 5.41) is 6.50. The van der Waals surface area contributed by atoms with E-state index in [1.807, 2.05) is 24.3 Å². The molecule has 2 unspecified atom stereocenters. The summed E-state index contributed by atoms with van der Waals surface area (Å²) >= 11 is 0. The van der Waals surface area contributed by atoms with Crippen LogP contribution in [-0.4, -0.2) is 32.1 Å². The first-order chi connectivity index (χ1) is 9.69. The van der Waals surface area contributed by atoms with Crippen molar-refractivity contribution in [3.8, 4) is 5.75 Å². The molecule has 118 valence electrons. The fourth-order valence-electron chi connectivity index (χ4n) is 2.66. The molecule has 1 aromatic carbocycles. The lowest BCUT2D eigenvalue weighted by molar-refractivity contribution is -0.121. The summed E-state index contributed by atoms with van der Waals surface area (Å²) in [6.45, 7) is 4.20. The fraction of sp³-hybridized carbons (Fsp3) is 0.562. The monoisotopic (exact) mass is 312 g/mol. The van der Waals surface area contributed by atoms with Crippen LogP contribution >= 0.6 is 12.4 Å². The van der Waals surface area contributed by atoms with Gasteiger partial charge in [-0.25, -0.2) is 0 Å². The number of halogens is 1. The van der Waals surface area contributed by atoms with E-state index in [1.54, 1.807) is 7.11 Å². The molecule has 0 bridgehead atoms. The molecule has 0 aliphatic carbocycles. The Balaban J connectivity index is 0.00000220. The van der Waals surface area contributed by atoms with E-state index >= 15 is 0 Å². The van der Waals surface area contributed by atoms with Crippen LogP contribution < -0.4 is 15.4 Å². The highest BCUT2D eigenvalue weighted by Crippen LogP contribution is 2.15. The van der Waals surface area contributed by atoms with Gasteiger partial charge in [-0.15, -0.1) is 12.4 Å². The van der Waals surface area contributed by atoms with Crippen molar-refractivity contribution in [2.45, 2.75) is 32.2 Å². The average Bonchev–Trinajstić information content (AvgIpc) is 2.49. The van der Waals surface area contributed by atoms with Crippen LogP contribution in [0.4, 0.5) is 0 Å². The van der Waals surface area contributed by atoms with Gasteiger partial charge in [0.25, 0.3) is 0 Å². The molecule has 1 aromatic rings. The molecular weight excluding hydrogens is 288 g/mol. The van der Waals surface area contributed by atoms with Crippen LogP contribution in [0, 0.1) is 5.92 Å². The highest BCUT2D eigenvalue weighted by molar-refractivity contribution is 5.85. The summed E-state index contributed by atoms with van der Waals surface area (Å²) in [5.41, 5.74) is 1.01. The van der Waals surface area contributed by atoms with Gasteiger partial charge in [0, 0.05) is 6.04 Å². The zero-order chi connectivity index (χ0) is 14.4. The third-order valence-corrected chi connectivity index (χ3v) is 3.95. The maximum atomic E-state index is 12.1. The largest absolute Gasteiger partial charge is 0.497 e. The number of piperidine rings is 1. The summed E-state index contributed by atoms with van der Waals surface area (Å²) in [6, 6.07) is 7.87. The van der Waals surface area contributed by atoms with Crippen molar-refractivity contribution >= 4 is 18.3 Å². The molecule has 0 radical (unpaired) electrons. The normalized spacial score (nSPS) is 19.2. The molecule has 0 aromatic heterocycles. The fourth-order valence-corrected chi connectivity index (χ4v) is 2.66. The number of amides is 1. The minimum atomic E-state index is 0. The highest BCUT2D eigenvalue weighted by Gasteiger charge is 2.21. The van der Waals surface area contributed by atoms with Gasteiger partial charge in [-0.05, 0) is 56.5 Å². The van der Waals surface area contributed by atoms with Crippen LogP contribution in [0.15, 0.2) is 24.3 Å².